The number of benzene rings is 2. The minimum absolute atomic E-state index is 0.193. The van der Waals surface area contributed by atoms with Crippen molar-refractivity contribution in [3.8, 4) is 11.3 Å². The summed E-state index contributed by atoms with van der Waals surface area (Å²) in [5.41, 5.74) is 0.742. The Balaban J connectivity index is 1.65. The second kappa shape index (κ2) is 8.04. The van der Waals surface area contributed by atoms with Gasteiger partial charge in [0.05, 0.1) is 17.4 Å². The Kier molecular flexibility index (Phi) is 5.69. The van der Waals surface area contributed by atoms with Crippen LogP contribution in [0.15, 0.2) is 54.6 Å². The molecule has 0 spiro atoms. The third kappa shape index (κ3) is 4.80. The van der Waals surface area contributed by atoms with Crippen molar-refractivity contribution in [2.75, 3.05) is 6.54 Å². The molecule has 29 heavy (non-hydrogen) atoms. The van der Waals surface area contributed by atoms with Crippen LogP contribution in [0.1, 0.15) is 27.7 Å². The minimum Gasteiger partial charge on any atom is -0.387 e. The summed E-state index contributed by atoms with van der Waals surface area (Å²) in [7, 11) is 1.56. The van der Waals surface area contributed by atoms with Gasteiger partial charge in [0.15, 0.2) is 0 Å². The molecule has 1 aromatic heterocycles. The molecule has 1 unspecified atom stereocenters. The van der Waals surface area contributed by atoms with Crippen molar-refractivity contribution in [3.63, 3.8) is 0 Å². The summed E-state index contributed by atoms with van der Waals surface area (Å²) in [6, 6.07) is 11.2. The van der Waals surface area contributed by atoms with E-state index in [9.17, 15) is 27.5 Å². The van der Waals surface area contributed by atoms with Crippen molar-refractivity contribution < 1.29 is 27.5 Å². The normalized spacial score (nSPS) is 12.6. The number of hydrogen-bond donors (Lipinski definition) is 2. The maximum absolute atomic E-state index is 13.0. The monoisotopic (exact) mass is 407 g/mol. The van der Waals surface area contributed by atoms with Gasteiger partial charge in [-0.1, -0.05) is 12.1 Å². The van der Waals surface area contributed by atoms with E-state index in [0.29, 0.717) is 11.3 Å². The average molecular weight is 407 g/mol. The molecule has 3 rings (SSSR count). The van der Waals surface area contributed by atoms with Crippen molar-refractivity contribution in [1.29, 1.82) is 0 Å². The van der Waals surface area contributed by atoms with Gasteiger partial charge in [0.1, 0.15) is 11.5 Å². The van der Waals surface area contributed by atoms with Crippen molar-refractivity contribution in [1.82, 2.24) is 15.1 Å². The van der Waals surface area contributed by atoms with Crippen LogP contribution in [0.25, 0.3) is 11.3 Å². The van der Waals surface area contributed by atoms with Crippen LogP contribution in [0.5, 0.6) is 0 Å². The lowest BCUT2D eigenvalue weighted by atomic mass is 10.1. The molecule has 0 aliphatic carbocycles. The van der Waals surface area contributed by atoms with Gasteiger partial charge in [-0.25, -0.2) is 4.39 Å². The highest BCUT2D eigenvalue weighted by Crippen LogP contribution is 2.29. The zero-order valence-corrected chi connectivity index (χ0v) is 15.2. The van der Waals surface area contributed by atoms with Crippen LogP contribution in [0, 0.1) is 5.82 Å². The first-order valence-corrected chi connectivity index (χ1v) is 8.58. The smallest absolute Gasteiger partial charge is 0.387 e. The first kappa shape index (κ1) is 20.5. The van der Waals surface area contributed by atoms with E-state index in [0.717, 1.165) is 24.3 Å². The average Bonchev–Trinajstić information content (AvgIpc) is 3.07. The Bertz CT molecular complexity index is 996. The number of carbonyl (C=O) groups is 1. The largest absolute Gasteiger partial charge is 0.416 e. The number of halogens is 4. The summed E-state index contributed by atoms with van der Waals surface area (Å²) in [5.74, 6) is -0.903. The fraction of sp³-hybridized carbons (Fsp3) is 0.200. The molecule has 2 aromatic carbocycles. The fourth-order valence-electron chi connectivity index (χ4n) is 2.73. The van der Waals surface area contributed by atoms with Crippen LogP contribution in [-0.4, -0.2) is 27.3 Å². The molecule has 1 amide bonds. The summed E-state index contributed by atoms with van der Waals surface area (Å²) >= 11 is 0. The Labute approximate surface area is 163 Å². The van der Waals surface area contributed by atoms with Gasteiger partial charge in [0.25, 0.3) is 5.91 Å². The van der Waals surface area contributed by atoms with E-state index in [1.165, 1.54) is 35.0 Å². The van der Waals surface area contributed by atoms with Crippen LogP contribution < -0.4 is 5.32 Å². The Morgan fingerprint density at radius 3 is 2.34 bits per heavy atom. The highest BCUT2D eigenvalue weighted by molar-refractivity contribution is 5.93. The number of aryl methyl sites for hydroxylation is 1. The standard InChI is InChI=1S/C20H17F4N3O2/c1-27-17(10-16(26-27)12-4-8-15(21)9-5-12)19(29)25-11-18(28)13-2-6-14(7-3-13)20(22,23)24/h2-10,18,28H,11H2,1H3,(H,25,29). The molecule has 0 saturated carbocycles. The predicted molar refractivity (Wildman–Crippen MR) is 97.3 cm³/mol. The number of hydrogen-bond acceptors (Lipinski definition) is 3. The van der Waals surface area contributed by atoms with Crippen molar-refractivity contribution in [3.05, 3.63) is 77.2 Å². The van der Waals surface area contributed by atoms with Crippen molar-refractivity contribution >= 4 is 5.91 Å². The maximum Gasteiger partial charge on any atom is 0.416 e. The summed E-state index contributed by atoms with van der Waals surface area (Å²) < 4.78 is 52.2. The molecule has 152 valence electrons. The van der Waals surface area contributed by atoms with Crippen molar-refractivity contribution in [2.45, 2.75) is 12.3 Å². The molecule has 1 heterocycles. The van der Waals surface area contributed by atoms with E-state index < -0.39 is 23.8 Å². The zero-order chi connectivity index (χ0) is 21.2. The number of carbonyl (C=O) groups excluding carboxylic acids is 1. The summed E-state index contributed by atoms with van der Waals surface area (Å²) in [4.78, 5) is 12.4. The summed E-state index contributed by atoms with van der Waals surface area (Å²) in [5, 5.41) is 16.9. The minimum atomic E-state index is -4.46. The molecule has 0 aliphatic rings. The lowest BCUT2D eigenvalue weighted by Crippen LogP contribution is -2.29. The van der Waals surface area contributed by atoms with E-state index in [2.05, 4.69) is 10.4 Å². The quantitative estimate of drug-likeness (QED) is 0.634. The molecular formula is C20H17F4N3O2. The SMILES string of the molecule is Cn1nc(-c2ccc(F)cc2)cc1C(=O)NCC(O)c1ccc(C(F)(F)F)cc1. The van der Waals surface area contributed by atoms with Crippen molar-refractivity contribution in [2.24, 2.45) is 7.05 Å². The fourth-order valence-corrected chi connectivity index (χ4v) is 2.73. The second-order valence-electron chi connectivity index (χ2n) is 6.39. The lowest BCUT2D eigenvalue weighted by molar-refractivity contribution is -0.137. The molecule has 3 aromatic rings. The lowest BCUT2D eigenvalue weighted by Gasteiger charge is -2.13. The number of alkyl halides is 3. The molecule has 5 nitrogen and oxygen atoms in total. The highest BCUT2D eigenvalue weighted by Gasteiger charge is 2.30. The van der Waals surface area contributed by atoms with E-state index in [1.54, 1.807) is 7.05 Å². The molecule has 0 fully saturated rings. The molecule has 0 radical (unpaired) electrons. The highest BCUT2D eigenvalue weighted by atomic mass is 19.4. The van der Waals surface area contributed by atoms with Crippen LogP contribution in [0.3, 0.4) is 0 Å². The molecule has 1 atom stereocenters. The van der Waals surface area contributed by atoms with Crippen LogP contribution in [0.2, 0.25) is 0 Å². The molecular weight excluding hydrogens is 390 g/mol. The van der Waals surface area contributed by atoms with Gasteiger partial charge in [-0.15, -0.1) is 0 Å². The Morgan fingerprint density at radius 1 is 1.14 bits per heavy atom. The zero-order valence-electron chi connectivity index (χ0n) is 15.2. The first-order chi connectivity index (χ1) is 13.6. The van der Waals surface area contributed by atoms with E-state index >= 15 is 0 Å². The number of nitrogens with one attached hydrogen (secondary N) is 1. The van der Waals surface area contributed by atoms with Gasteiger partial charge >= 0.3 is 6.18 Å². The number of amides is 1. The van der Waals surface area contributed by atoms with Gasteiger partial charge < -0.3 is 10.4 Å². The van der Waals surface area contributed by atoms with E-state index in [1.807, 2.05) is 0 Å². The summed E-state index contributed by atoms with van der Waals surface area (Å²) in [6.45, 7) is -0.193. The molecule has 9 heteroatoms. The third-order valence-corrected chi connectivity index (χ3v) is 4.33. The number of rotatable bonds is 5. The molecule has 0 bridgehead atoms. The summed E-state index contributed by atoms with van der Waals surface area (Å²) in [6.07, 6.45) is -5.63. The van der Waals surface area contributed by atoms with Crippen LogP contribution in [0.4, 0.5) is 17.6 Å². The molecule has 0 aliphatic heterocycles. The predicted octanol–water partition coefficient (Wildman–Crippen LogP) is 3.71. The van der Waals surface area contributed by atoms with Gasteiger partial charge in [0.2, 0.25) is 0 Å². The second-order valence-corrected chi connectivity index (χ2v) is 6.39. The van der Waals surface area contributed by atoms with Gasteiger partial charge in [-0.2, -0.15) is 18.3 Å². The maximum atomic E-state index is 13.0. The number of nitrogens with zero attached hydrogens (tertiary/aromatic N) is 2. The topological polar surface area (TPSA) is 67.2 Å². The number of aliphatic hydroxyl groups excluding tert-OH is 1. The molecule has 0 saturated heterocycles. The van der Waals surface area contributed by atoms with Gasteiger partial charge in [-0.05, 0) is 48.0 Å². The Hall–Kier alpha value is -3.20. The number of aromatic nitrogens is 2. The van der Waals surface area contributed by atoms with E-state index in [4.69, 9.17) is 0 Å². The molecule has 2 N–H and O–H groups in total. The number of aliphatic hydroxyl groups is 1. The van der Waals surface area contributed by atoms with Gasteiger partial charge in [-0.3, -0.25) is 9.48 Å². The third-order valence-electron chi connectivity index (χ3n) is 4.33. The van der Waals surface area contributed by atoms with Crippen LogP contribution in [-0.2, 0) is 13.2 Å². The Morgan fingerprint density at radius 2 is 1.76 bits per heavy atom. The van der Waals surface area contributed by atoms with E-state index in [-0.39, 0.29) is 23.6 Å². The van der Waals surface area contributed by atoms with Gasteiger partial charge in [0, 0.05) is 19.2 Å². The van der Waals surface area contributed by atoms with Crippen LogP contribution >= 0.6 is 0 Å². The first-order valence-electron chi connectivity index (χ1n) is 8.58.